The number of rotatable bonds is 5. The predicted molar refractivity (Wildman–Crippen MR) is 80.6 cm³/mol. The molecule has 1 atom stereocenters. The maximum atomic E-state index is 13.7. The summed E-state index contributed by atoms with van der Waals surface area (Å²) < 4.78 is 14.7. The Balaban J connectivity index is 2.01. The van der Waals surface area contributed by atoms with Crippen LogP contribution in [0.25, 0.3) is 0 Å². The fourth-order valence-electron chi connectivity index (χ4n) is 2.63. The van der Waals surface area contributed by atoms with Crippen LogP contribution in [0.15, 0.2) is 22.7 Å². The molecule has 1 aliphatic rings. The second-order valence-corrected chi connectivity index (χ2v) is 6.54. The summed E-state index contributed by atoms with van der Waals surface area (Å²) in [6, 6.07) is 5.82. The van der Waals surface area contributed by atoms with E-state index in [9.17, 15) is 4.39 Å². The molecule has 1 saturated heterocycles. The van der Waals surface area contributed by atoms with Gasteiger partial charge in [0.15, 0.2) is 0 Å². The standard InChI is InChI=1S/C14H18Br2FN/c15-7-1-3-13-4-2-8-18(13)10-11-9-12(16)5-6-14(11)17/h5-6,9,13H,1-4,7-8,10H2. The van der Waals surface area contributed by atoms with Crippen LogP contribution >= 0.6 is 31.9 Å². The number of nitrogens with zero attached hydrogens (tertiary/aromatic N) is 1. The highest BCUT2D eigenvalue weighted by Gasteiger charge is 2.24. The lowest BCUT2D eigenvalue weighted by Crippen LogP contribution is -2.29. The van der Waals surface area contributed by atoms with Gasteiger partial charge in [-0.3, -0.25) is 4.90 Å². The van der Waals surface area contributed by atoms with Gasteiger partial charge in [-0.1, -0.05) is 31.9 Å². The first-order valence-corrected chi connectivity index (χ1v) is 8.36. The molecule has 1 fully saturated rings. The van der Waals surface area contributed by atoms with E-state index in [1.807, 2.05) is 6.07 Å². The van der Waals surface area contributed by atoms with Gasteiger partial charge >= 0.3 is 0 Å². The summed E-state index contributed by atoms with van der Waals surface area (Å²) >= 11 is 6.89. The van der Waals surface area contributed by atoms with Crippen LogP contribution in [0.3, 0.4) is 0 Å². The van der Waals surface area contributed by atoms with Gasteiger partial charge in [0.05, 0.1) is 0 Å². The molecule has 1 unspecified atom stereocenters. The third kappa shape index (κ3) is 3.78. The maximum absolute atomic E-state index is 13.7. The zero-order valence-electron chi connectivity index (χ0n) is 10.3. The van der Waals surface area contributed by atoms with E-state index in [4.69, 9.17) is 0 Å². The van der Waals surface area contributed by atoms with Crippen molar-refractivity contribution in [1.82, 2.24) is 4.90 Å². The van der Waals surface area contributed by atoms with Crippen molar-refractivity contribution in [2.75, 3.05) is 11.9 Å². The SMILES string of the molecule is Fc1ccc(Br)cc1CN1CCCC1CCCBr. The number of likely N-dealkylation sites (tertiary alicyclic amines) is 1. The molecule has 4 heteroatoms. The normalized spacial score (nSPS) is 20.5. The topological polar surface area (TPSA) is 3.24 Å². The van der Waals surface area contributed by atoms with E-state index in [0.29, 0.717) is 6.04 Å². The summed E-state index contributed by atoms with van der Waals surface area (Å²) in [6.45, 7) is 1.83. The van der Waals surface area contributed by atoms with Crippen molar-refractivity contribution in [3.05, 3.63) is 34.1 Å². The predicted octanol–water partition coefficient (Wildman–Crippen LogP) is 4.73. The van der Waals surface area contributed by atoms with Crippen LogP contribution in [-0.2, 0) is 6.54 Å². The molecule has 1 aliphatic heterocycles. The third-order valence-electron chi connectivity index (χ3n) is 3.55. The van der Waals surface area contributed by atoms with Crippen molar-refractivity contribution in [3.8, 4) is 0 Å². The molecule has 0 spiro atoms. The monoisotopic (exact) mass is 377 g/mol. The van der Waals surface area contributed by atoms with E-state index in [0.717, 1.165) is 28.5 Å². The zero-order valence-corrected chi connectivity index (χ0v) is 13.5. The Morgan fingerprint density at radius 1 is 1.39 bits per heavy atom. The first-order chi connectivity index (χ1) is 8.70. The fraction of sp³-hybridized carbons (Fsp3) is 0.571. The molecular weight excluding hydrogens is 361 g/mol. The molecule has 0 aliphatic carbocycles. The average Bonchev–Trinajstić information content (AvgIpc) is 2.79. The molecule has 100 valence electrons. The summed E-state index contributed by atoms with van der Waals surface area (Å²) in [5, 5.41) is 1.06. The van der Waals surface area contributed by atoms with Crippen LogP contribution in [0, 0.1) is 5.82 Å². The quantitative estimate of drug-likeness (QED) is 0.669. The van der Waals surface area contributed by atoms with Crippen LogP contribution in [0.4, 0.5) is 4.39 Å². The average molecular weight is 379 g/mol. The summed E-state index contributed by atoms with van der Waals surface area (Å²) in [7, 11) is 0. The van der Waals surface area contributed by atoms with E-state index in [1.165, 1.54) is 25.7 Å². The van der Waals surface area contributed by atoms with Crippen LogP contribution in [0.2, 0.25) is 0 Å². The summed E-state index contributed by atoms with van der Waals surface area (Å²) in [5.41, 5.74) is 0.801. The minimum Gasteiger partial charge on any atom is -0.296 e. The van der Waals surface area contributed by atoms with Crippen LogP contribution < -0.4 is 0 Å². The van der Waals surface area contributed by atoms with Gasteiger partial charge < -0.3 is 0 Å². The van der Waals surface area contributed by atoms with Gasteiger partial charge in [-0.2, -0.15) is 0 Å². The first-order valence-electron chi connectivity index (χ1n) is 6.44. The van der Waals surface area contributed by atoms with Crippen molar-refractivity contribution in [2.45, 2.75) is 38.3 Å². The Kier molecular flexibility index (Phi) is 5.64. The highest BCUT2D eigenvalue weighted by atomic mass is 79.9. The molecule has 0 N–H and O–H groups in total. The highest BCUT2D eigenvalue weighted by Crippen LogP contribution is 2.25. The van der Waals surface area contributed by atoms with Crippen molar-refractivity contribution < 1.29 is 4.39 Å². The molecule has 1 aromatic carbocycles. The van der Waals surface area contributed by atoms with Gasteiger partial charge in [0, 0.05) is 28.0 Å². The minimum absolute atomic E-state index is 0.0932. The van der Waals surface area contributed by atoms with E-state index < -0.39 is 0 Å². The van der Waals surface area contributed by atoms with Crippen molar-refractivity contribution in [3.63, 3.8) is 0 Å². The molecule has 0 bridgehead atoms. The number of halogens is 3. The Hall–Kier alpha value is 0.0700. The Bertz CT molecular complexity index is 397. The number of alkyl halides is 1. The minimum atomic E-state index is -0.0932. The summed E-state index contributed by atoms with van der Waals surface area (Å²) in [4.78, 5) is 2.42. The largest absolute Gasteiger partial charge is 0.296 e. The molecular formula is C14H18Br2FN. The lowest BCUT2D eigenvalue weighted by atomic mass is 10.1. The number of hydrogen-bond acceptors (Lipinski definition) is 1. The molecule has 0 radical (unpaired) electrons. The van der Waals surface area contributed by atoms with Crippen molar-refractivity contribution in [1.29, 1.82) is 0 Å². The van der Waals surface area contributed by atoms with Crippen LogP contribution in [-0.4, -0.2) is 22.8 Å². The molecule has 18 heavy (non-hydrogen) atoms. The van der Waals surface area contributed by atoms with E-state index in [2.05, 4.69) is 36.8 Å². The van der Waals surface area contributed by atoms with E-state index in [1.54, 1.807) is 12.1 Å². The Labute approximate surface area is 125 Å². The summed E-state index contributed by atoms with van der Waals surface area (Å²) in [6.07, 6.45) is 4.90. The van der Waals surface area contributed by atoms with Crippen LogP contribution in [0.5, 0.6) is 0 Å². The fourth-order valence-corrected chi connectivity index (χ4v) is 3.36. The van der Waals surface area contributed by atoms with Crippen LogP contribution in [0.1, 0.15) is 31.2 Å². The third-order valence-corrected chi connectivity index (χ3v) is 4.61. The molecule has 0 amide bonds. The van der Waals surface area contributed by atoms with Gasteiger partial charge in [0.1, 0.15) is 5.82 Å². The van der Waals surface area contributed by atoms with Gasteiger partial charge in [0.25, 0.3) is 0 Å². The first kappa shape index (κ1) is 14.5. The molecule has 2 rings (SSSR count). The molecule has 0 aromatic heterocycles. The van der Waals surface area contributed by atoms with Crippen molar-refractivity contribution >= 4 is 31.9 Å². The lowest BCUT2D eigenvalue weighted by Gasteiger charge is -2.24. The van der Waals surface area contributed by atoms with Crippen molar-refractivity contribution in [2.24, 2.45) is 0 Å². The zero-order chi connectivity index (χ0) is 13.0. The summed E-state index contributed by atoms with van der Waals surface area (Å²) in [5.74, 6) is -0.0932. The Morgan fingerprint density at radius 3 is 3.00 bits per heavy atom. The second-order valence-electron chi connectivity index (χ2n) is 4.83. The Morgan fingerprint density at radius 2 is 2.22 bits per heavy atom. The second kappa shape index (κ2) is 7.01. The molecule has 1 aromatic rings. The van der Waals surface area contributed by atoms with Gasteiger partial charge in [-0.15, -0.1) is 0 Å². The maximum Gasteiger partial charge on any atom is 0.127 e. The molecule has 0 saturated carbocycles. The number of benzene rings is 1. The molecule has 1 nitrogen and oxygen atoms in total. The van der Waals surface area contributed by atoms with Gasteiger partial charge in [0.2, 0.25) is 0 Å². The van der Waals surface area contributed by atoms with E-state index in [-0.39, 0.29) is 5.82 Å². The smallest absolute Gasteiger partial charge is 0.127 e. The van der Waals surface area contributed by atoms with Gasteiger partial charge in [-0.05, 0) is 50.4 Å². The molecule has 1 heterocycles. The number of hydrogen-bond donors (Lipinski definition) is 0. The van der Waals surface area contributed by atoms with Gasteiger partial charge in [-0.25, -0.2) is 4.39 Å². The highest BCUT2D eigenvalue weighted by molar-refractivity contribution is 9.10. The lowest BCUT2D eigenvalue weighted by molar-refractivity contribution is 0.231. The van der Waals surface area contributed by atoms with E-state index >= 15 is 0 Å².